The van der Waals surface area contributed by atoms with E-state index in [0.717, 1.165) is 25.2 Å². The van der Waals surface area contributed by atoms with E-state index >= 15 is 0 Å². The number of piperidine rings is 1. The molecule has 0 aromatic carbocycles. The molecule has 1 aromatic heterocycles. The fourth-order valence-electron chi connectivity index (χ4n) is 2.83. The van der Waals surface area contributed by atoms with E-state index in [1.807, 2.05) is 0 Å². The van der Waals surface area contributed by atoms with Crippen LogP contribution in [0.2, 0.25) is 0 Å². The van der Waals surface area contributed by atoms with E-state index < -0.39 is 5.60 Å². The molecule has 2 aliphatic heterocycles. The minimum Gasteiger partial charge on any atom is -0.439 e. The van der Waals surface area contributed by atoms with Crippen molar-refractivity contribution in [3.05, 3.63) is 12.4 Å². The Balaban J connectivity index is 1.81. The first kappa shape index (κ1) is 12.0. The number of hydrogen-bond donors (Lipinski definition) is 1. The monoisotopic (exact) mass is 263 g/mol. The number of rotatable bonds is 1. The summed E-state index contributed by atoms with van der Waals surface area (Å²) in [4.78, 5) is 23.4. The second-order valence-electron chi connectivity index (χ2n) is 5.23. The number of nitrogens with zero attached hydrogens (tertiary/aromatic N) is 4. The van der Waals surface area contributed by atoms with Crippen molar-refractivity contribution < 1.29 is 9.53 Å². The average Bonchev–Trinajstić information content (AvgIpc) is 2.64. The summed E-state index contributed by atoms with van der Waals surface area (Å²) in [5.41, 5.74) is 5.27. The van der Waals surface area contributed by atoms with Gasteiger partial charge in [0.05, 0.1) is 13.1 Å². The number of carbonyl (C=O) groups is 1. The molecule has 3 rings (SSSR count). The van der Waals surface area contributed by atoms with Crippen molar-refractivity contribution in [1.29, 1.82) is 0 Å². The molecule has 1 aromatic rings. The summed E-state index contributed by atoms with van der Waals surface area (Å²) in [6, 6.07) is 1.75. The van der Waals surface area contributed by atoms with Crippen LogP contribution in [0.25, 0.3) is 0 Å². The number of anilines is 2. The Morgan fingerprint density at radius 3 is 2.95 bits per heavy atom. The summed E-state index contributed by atoms with van der Waals surface area (Å²) < 4.78 is 5.55. The number of carbonyl (C=O) groups excluding carboxylic acids is 1. The molecule has 0 bridgehead atoms. The lowest BCUT2D eigenvalue weighted by Gasteiger charge is -2.38. The third-order valence-corrected chi connectivity index (χ3v) is 3.68. The molecule has 2 saturated heterocycles. The number of ether oxygens (including phenoxy) is 1. The molecule has 102 valence electrons. The van der Waals surface area contributed by atoms with Gasteiger partial charge in [-0.1, -0.05) is 0 Å². The van der Waals surface area contributed by atoms with Crippen LogP contribution in [-0.2, 0) is 4.74 Å². The molecule has 0 saturated carbocycles. The highest BCUT2D eigenvalue weighted by Crippen LogP contribution is 2.33. The normalized spacial score (nSPS) is 26.9. The van der Waals surface area contributed by atoms with Gasteiger partial charge in [0, 0.05) is 19.7 Å². The van der Waals surface area contributed by atoms with Crippen LogP contribution < -0.4 is 10.6 Å². The van der Waals surface area contributed by atoms with Gasteiger partial charge in [-0.2, -0.15) is 0 Å². The molecule has 1 atom stereocenters. The Morgan fingerprint density at radius 2 is 2.26 bits per heavy atom. The fraction of sp³-hybridized carbons (Fsp3) is 0.583. The van der Waals surface area contributed by atoms with E-state index in [2.05, 4.69) is 14.9 Å². The first-order valence-electron chi connectivity index (χ1n) is 6.35. The van der Waals surface area contributed by atoms with Gasteiger partial charge in [-0.15, -0.1) is 0 Å². The Morgan fingerprint density at radius 1 is 1.42 bits per heavy atom. The standard InChI is InChI=1S/C12H17N5O2/c1-16-6-12(19-11(16)18)3-2-4-17(7-12)10-5-9(13)14-8-15-10/h5,8H,2-4,6-7H2,1H3,(H2,13,14,15). The number of aromatic nitrogens is 2. The van der Waals surface area contributed by atoms with Gasteiger partial charge in [-0.05, 0) is 12.8 Å². The van der Waals surface area contributed by atoms with E-state index in [1.54, 1.807) is 18.0 Å². The Labute approximate surface area is 111 Å². The second-order valence-corrected chi connectivity index (χ2v) is 5.23. The van der Waals surface area contributed by atoms with Gasteiger partial charge in [0.2, 0.25) is 0 Å². The molecule has 7 heteroatoms. The summed E-state index contributed by atoms with van der Waals surface area (Å²) in [7, 11) is 1.76. The smallest absolute Gasteiger partial charge is 0.410 e. The molecule has 1 spiro atoms. The van der Waals surface area contributed by atoms with Crippen molar-refractivity contribution >= 4 is 17.7 Å². The lowest BCUT2D eigenvalue weighted by atomic mass is 9.93. The molecule has 1 unspecified atom stereocenters. The minimum absolute atomic E-state index is 0.246. The molecule has 0 aliphatic carbocycles. The Hall–Kier alpha value is -2.05. The highest BCUT2D eigenvalue weighted by Gasteiger charge is 2.46. The van der Waals surface area contributed by atoms with Crippen molar-refractivity contribution in [1.82, 2.24) is 14.9 Å². The van der Waals surface area contributed by atoms with Crippen LogP contribution in [0, 0.1) is 0 Å². The number of nitrogen functional groups attached to an aromatic ring is 1. The van der Waals surface area contributed by atoms with Crippen LogP contribution in [-0.4, -0.2) is 53.2 Å². The van der Waals surface area contributed by atoms with E-state index in [-0.39, 0.29) is 6.09 Å². The first-order valence-corrected chi connectivity index (χ1v) is 6.35. The molecule has 2 N–H and O–H groups in total. The summed E-state index contributed by atoms with van der Waals surface area (Å²) >= 11 is 0. The molecule has 0 radical (unpaired) electrons. The number of hydrogen-bond acceptors (Lipinski definition) is 6. The van der Waals surface area contributed by atoms with Crippen molar-refractivity contribution in [3.8, 4) is 0 Å². The maximum absolute atomic E-state index is 11.6. The molecule has 3 heterocycles. The molecule has 19 heavy (non-hydrogen) atoms. The maximum Gasteiger partial charge on any atom is 0.410 e. The summed E-state index contributed by atoms with van der Waals surface area (Å²) in [5.74, 6) is 1.24. The predicted molar refractivity (Wildman–Crippen MR) is 69.7 cm³/mol. The number of amides is 1. The molecule has 1 amide bonds. The van der Waals surface area contributed by atoms with Crippen LogP contribution >= 0.6 is 0 Å². The average molecular weight is 263 g/mol. The first-order chi connectivity index (χ1) is 9.08. The van der Waals surface area contributed by atoms with E-state index in [9.17, 15) is 4.79 Å². The third-order valence-electron chi connectivity index (χ3n) is 3.68. The van der Waals surface area contributed by atoms with Crippen LogP contribution in [0.15, 0.2) is 12.4 Å². The molecule has 7 nitrogen and oxygen atoms in total. The zero-order chi connectivity index (χ0) is 13.5. The molecule has 2 aliphatic rings. The highest BCUT2D eigenvalue weighted by molar-refractivity contribution is 5.70. The van der Waals surface area contributed by atoms with Crippen LogP contribution in [0.4, 0.5) is 16.4 Å². The Kier molecular flexibility index (Phi) is 2.69. The predicted octanol–water partition coefficient (Wildman–Crippen LogP) is 0.480. The van der Waals surface area contributed by atoms with E-state index in [4.69, 9.17) is 10.5 Å². The van der Waals surface area contributed by atoms with Crippen molar-refractivity contribution in [3.63, 3.8) is 0 Å². The summed E-state index contributed by atoms with van der Waals surface area (Å²) in [6.45, 7) is 2.17. The largest absolute Gasteiger partial charge is 0.439 e. The van der Waals surface area contributed by atoms with E-state index in [1.165, 1.54) is 6.33 Å². The van der Waals surface area contributed by atoms with Crippen LogP contribution in [0.1, 0.15) is 12.8 Å². The number of nitrogens with two attached hydrogens (primary N) is 1. The lowest BCUT2D eigenvalue weighted by Crippen LogP contribution is -2.50. The zero-order valence-corrected chi connectivity index (χ0v) is 10.9. The maximum atomic E-state index is 11.6. The summed E-state index contributed by atoms with van der Waals surface area (Å²) in [5, 5.41) is 0. The van der Waals surface area contributed by atoms with Gasteiger partial charge in [0.1, 0.15) is 23.6 Å². The van der Waals surface area contributed by atoms with Gasteiger partial charge in [0.15, 0.2) is 0 Å². The molecular weight excluding hydrogens is 246 g/mol. The van der Waals surface area contributed by atoms with Crippen molar-refractivity contribution in [2.24, 2.45) is 0 Å². The zero-order valence-electron chi connectivity index (χ0n) is 10.9. The van der Waals surface area contributed by atoms with Crippen LogP contribution in [0.3, 0.4) is 0 Å². The number of likely N-dealkylation sites (N-methyl/N-ethyl adjacent to an activating group) is 1. The minimum atomic E-state index is -0.413. The van der Waals surface area contributed by atoms with Crippen molar-refractivity contribution in [2.45, 2.75) is 18.4 Å². The quantitative estimate of drug-likeness (QED) is 0.793. The Bertz CT molecular complexity index is 509. The van der Waals surface area contributed by atoms with Gasteiger partial charge < -0.3 is 20.3 Å². The highest BCUT2D eigenvalue weighted by atomic mass is 16.6. The summed E-state index contributed by atoms with van der Waals surface area (Å²) in [6.07, 6.45) is 3.06. The van der Waals surface area contributed by atoms with Gasteiger partial charge >= 0.3 is 6.09 Å². The SMILES string of the molecule is CN1CC2(CCCN(c3cc(N)ncn3)C2)OC1=O. The van der Waals surface area contributed by atoms with Gasteiger partial charge in [-0.3, -0.25) is 0 Å². The second kappa shape index (κ2) is 4.25. The molecule has 2 fully saturated rings. The van der Waals surface area contributed by atoms with Gasteiger partial charge in [-0.25, -0.2) is 14.8 Å². The van der Waals surface area contributed by atoms with Gasteiger partial charge in [0.25, 0.3) is 0 Å². The van der Waals surface area contributed by atoms with E-state index in [0.29, 0.717) is 18.9 Å². The van der Waals surface area contributed by atoms with Crippen molar-refractivity contribution in [2.75, 3.05) is 37.3 Å². The topological polar surface area (TPSA) is 84.6 Å². The molecular formula is C12H17N5O2. The van der Waals surface area contributed by atoms with Crippen LogP contribution in [0.5, 0.6) is 0 Å². The lowest BCUT2D eigenvalue weighted by molar-refractivity contribution is 0.0445. The third kappa shape index (κ3) is 2.16. The fourth-order valence-corrected chi connectivity index (χ4v) is 2.83.